The second-order valence-electron chi connectivity index (χ2n) is 5.97. The first-order chi connectivity index (χ1) is 11.6. The summed E-state index contributed by atoms with van der Waals surface area (Å²) in [6.07, 6.45) is 1.58. The van der Waals surface area contributed by atoms with Gasteiger partial charge in [-0.2, -0.15) is 0 Å². The molecule has 0 aliphatic heterocycles. The number of hydrogen-bond donors (Lipinski definition) is 2. The summed E-state index contributed by atoms with van der Waals surface area (Å²) >= 11 is 0. The van der Waals surface area contributed by atoms with Crippen LogP contribution in [-0.2, 0) is 0 Å². The molecule has 124 valence electrons. The number of aliphatic hydroxyl groups is 1. The Morgan fingerprint density at radius 2 is 2.04 bits per heavy atom. The Bertz CT molecular complexity index is 843. The summed E-state index contributed by atoms with van der Waals surface area (Å²) in [7, 11) is 0. The van der Waals surface area contributed by atoms with Crippen molar-refractivity contribution < 1.29 is 14.3 Å². The Labute approximate surface area is 140 Å². The van der Waals surface area contributed by atoms with Crippen LogP contribution in [0.3, 0.4) is 0 Å². The van der Waals surface area contributed by atoms with Crippen molar-refractivity contribution in [2.45, 2.75) is 19.9 Å². The summed E-state index contributed by atoms with van der Waals surface area (Å²) in [6, 6.07) is 12.7. The predicted octanol–water partition coefficient (Wildman–Crippen LogP) is 3.24. The number of fused-ring (bicyclic) bond motifs is 1. The van der Waals surface area contributed by atoms with Crippen molar-refractivity contribution in [2.24, 2.45) is 5.92 Å². The number of nitrogens with zero attached hydrogens (tertiary/aromatic N) is 1. The summed E-state index contributed by atoms with van der Waals surface area (Å²) in [5, 5.41) is 13.0. The van der Waals surface area contributed by atoms with Crippen molar-refractivity contribution in [3.05, 3.63) is 54.3 Å². The highest BCUT2D eigenvalue weighted by Gasteiger charge is 2.19. The van der Waals surface area contributed by atoms with Gasteiger partial charge in [-0.05, 0) is 37.1 Å². The van der Waals surface area contributed by atoms with Crippen molar-refractivity contribution in [1.29, 1.82) is 0 Å². The number of aliphatic hydroxyl groups excluding tert-OH is 1. The van der Waals surface area contributed by atoms with Crippen LogP contribution < -0.4 is 5.32 Å². The molecule has 0 aliphatic carbocycles. The quantitative estimate of drug-likeness (QED) is 0.755. The molecule has 2 aromatic heterocycles. The molecule has 0 aliphatic rings. The van der Waals surface area contributed by atoms with E-state index in [0.29, 0.717) is 17.0 Å². The van der Waals surface area contributed by atoms with E-state index in [2.05, 4.69) is 10.3 Å². The van der Waals surface area contributed by atoms with Gasteiger partial charge in [-0.1, -0.05) is 25.1 Å². The third kappa shape index (κ3) is 3.16. The monoisotopic (exact) mass is 324 g/mol. The maximum absolute atomic E-state index is 12.8. The average molecular weight is 324 g/mol. The number of aromatic nitrogens is 1. The molecule has 5 nitrogen and oxygen atoms in total. The van der Waals surface area contributed by atoms with E-state index in [4.69, 9.17) is 4.42 Å². The van der Waals surface area contributed by atoms with Crippen LogP contribution in [0.15, 0.2) is 53.1 Å². The van der Waals surface area contributed by atoms with E-state index < -0.39 is 0 Å². The van der Waals surface area contributed by atoms with Gasteiger partial charge >= 0.3 is 0 Å². The summed E-state index contributed by atoms with van der Waals surface area (Å²) in [4.78, 5) is 17.3. The van der Waals surface area contributed by atoms with E-state index in [1.807, 2.05) is 44.2 Å². The van der Waals surface area contributed by atoms with Gasteiger partial charge in [-0.3, -0.25) is 4.79 Å². The molecule has 0 spiro atoms. The predicted molar refractivity (Wildman–Crippen MR) is 92.6 cm³/mol. The Kier molecular flexibility index (Phi) is 4.62. The van der Waals surface area contributed by atoms with Gasteiger partial charge in [0.1, 0.15) is 5.69 Å². The second-order valence-corrected chi connectivity index (χ2v) is 5.97. The second kappa shape index (κ2) is 6.84. The van der Waals surface area contributed by atoms with Crippen LogP contribution in [0.5, 0.6) is 0 Å². The van der Waals surface area contributed by atoms with Crippen LogP contribution in [0.1, 0.15) is 24.2 Å². The Morgan fingerprint density at radius 1 is 1.25 bits per heavy atom. The van der Waals surface area contributed by atoms with Gasteiger partial charge in [0.2, 0.25) is 0 Å². The smallest absolute Gasteiger partial charge is 0.252 e. The number of para-hydroxylation sites is 1. The van der Waals surface area contributed by atoms with E-state index in [9.17, 15) is 9.90 Å². The van der Waals surface area contributed by atoms with E-state index in [1.165, 1.54) is 0 Å². The highest BCUT2D eigenvalue weighted by molar-refractivity contribution is 6.07. The molecule has 0 bridgehead atoms. The molecular formula is C19H20N2O3. The third-order valence-electron chi connectivity index (χ3n) is 4.23. The molecule has 3 rings (SSSR count). The average Bonchev–Trinajstić information content (AvgIpc) is 3.14. The molecule has 0 saturated carbocycles. The SMILES string of the molecule is CC(CO)C(C)NC(=O)c1cc(-c2ccco2)nc2ccccc12. The fourth-order valence-corrected chi connectivity index (χ4v) is 2.50. The Hall–Kier alpha value is -2.66. The van der Waals surface area contributed by atoms with Gasteiger partial charge in [0.15, 0.2) is 5.76 Å². The highest BCUT2D eigenvalue weighted by atomic mass is 16.3. The lowest BCUT2D eigenvalue weighted by molar-refractivity contribution is 0.0918. The summed E-state index contributed by atoms with van der Waals surface area (Å²) in [6.45, 7) is 3.80. The minimum absolute atomic E-state index is 0.0217. The number of carbonyl (C=O) groups excluding carboxylic acids is 1. The largest absolute Gasteiger partial charge is 0.463 e. The first-order valence-electron chi connectivity index (χ1n) is 7.95. The van der Waals surface area contributed by atoms with Crippen LogP contribution in [0.2, 0.25) is 0 Å². The summed E-state index contributed by atoms with van der Waals surface area (Å²) in [5.41, 5.74) is 1.90. The van der Waals surface area contributed by atoms with Gasteiger partial charge in [0, 0.05) is 18.0 Å². The number of amides is 1. The molecule has 2 heterocycles. The van der Waals surface area contributed by atoms with Crippen molar-refractivity contribution in [1.82, 2.24) is 10.3 Å². The van der Waals surface area contributed by atoms with Gasteiger partial charge in [-0.15, -0.1) is 0 Å². The molecule has 1 amide bonds. The lowest BCUT2D eigenvalue weighted by atomic mass is 10.0. The first-order valence-corrected chi connectivity index (χ1v) is 7.95. The number of pyridine rings is 1. The first kappa shape index (κ1) is 16.2. The fourth-order valence-electron chi connectivity index (χ4n) is 2.50. The lowest BCUT2D eigenvalue weighted by Gasteiger charge is -2.20. The number of benzene rings is 1. The van der Waals surface area contributed by atoms with Crippen LogP contribution in [0.4, 0.5) is 0 Å². The minimum atomic E-state index is -0.186. The number of nitrogens with one attached hydrogen (secondary N) is 1. The van der Waals surface area contributed by atoms with Crippen LogP contribution in [-0.4, -0.2) is 28.6 Å². The van der Waals surface area contributed by atoms with E-state index >= 15 is 0 Å². The van der Waals surface area contributed by atoms with E-state index in [1.54, 1.807) is 18.4 Å². The topological polar surface area (TPSA) is 75.4 Å². The molecule has 24 heavy (non-hydrogen) atoms. The van der Waals surface area contributed by atoms with Crippen LogP contribution in [0, 0.1) is 5.92 Å². The molecule has 1 aromatic carbocycles. The van der Waals surface area contributed by atoms with Gasteiger partial charge in [-0.25, -0.2) is 4.98 Å². The summed E-state index contributed by atoms with van der Waals surface area (Å²) < 4.78 is 5.41. The van der Waals surface area contributed by atoms with Crippen LogP contribution in [0.25, 0.3) is 22.4 Å². The molecule has 3 aromatic rings. The fraction of sp³-hybridized carbons (Fsp3) is 0.263. The number of carbonyl (C=O) groups is 1. The molecule has 2 unspecified atom stereocenters. The standard InChI is InChI=1S/C19H20N2O3/c1-12(11-22)13(2)20-19(23)15-10-17(18-8-5-9-24-18)21-16-7-4-3-6-14(15)16/h3-10,12-13,22H,11H2,1-2H3,(H,20,23). The number of furan rings is 1. The zero-order chi connectivity index (χ0) is 17.1. The van der Waals surface area contributed by atoms with E-state index in [0.717, 1.165) is 10.9 Å². The van der Waals surface area contributed by atoms with Crippen molar-refractivity contribution in [2.75, 3.05) is 6.61 Å². The van der Waals surface area contributed by atoms with Crippen molar-refractivity contribution in [3.8, 4) is 11.5 Å². The van der Waals surface area contributed by atoms with Gasteiger partial charge < -0.3 is 14.8 Å². The lowest BCUT2D eigenvalue weighted by Crippen LogP contribution is -2.38. The van der Waals surface area contributed by atoms with Gasteiger partial charge in [0.05, 0.1) is 17.3 Å². The molecule has 2 N–H and O–H groups in total. The van der Waals surface area contributed by atoms with Crippen LogP contribution >= 0.6 is 0 Å². The van der Waals surface area contributed by atoms with E-state index in [-0.39, 0.29) is 24.5 Å². The number of hydrogen-bond acceptors (Lipinski definition) is 4. The molecular weight excluding hydrogens is 304 g/mol. The molecule has 2 atom stereocenters. The van der Waals surface area contributed by atoms with Gasteiger partial charge in [0.25, 0.3) is 5.91 Å². The molecule has 0 fully saturated rings. The maximum atomic E-state index is 12.8. The Morgan fingerprint density at radius 3 is 2.75 bits per heavy atom. The minimum Gasteiger partial charge on any atom is -0.463 e. The van der Waals surface area contributed by atoms with Crippen molar-refractivity contribution >= 4 is 16.8 Å². The normalized spacial score (nSPS) is 13.6. The highest BCUT2D eigenvalue weighted by Crippen LogP contribution is 2.25. The third-order valence-corrected chi connectivity index (χ3v) is 4.23. The zero-order valence-corrected chi connectivity index (χ0v) is 13.7. The summed E-state index contributed by atoms with van der Waals surface area (Å²) in [5.74, 6) is 0.410. The maximum Gasteiger partial charge on any atom is 0.252 e. The van der Waals surface area contributed by atoms with Crippen molar-refractivity contribution in [3.63, 3.8) is 0 Å². The molecule has 5 heteroatoms. The Balaban J connectivity index is 2.04. The zero-order valence-electron chi connectivity index (χ0n) is 13.7. The number of rotatable bonds is 5. The molecule has 0 saturated heterocycles. The molecule has 0 radical (unpaired) electrons.